The van der Waals surface area contributed by atoms with Gasteiger partial charge in [0.1, 0.15) is 45.4 Å². The fourth-order valence-electron chi connectivity index (χ4n) is 7.57. The van der Waals surface area contributed by atoms with Crippen LogP contribution < -0.4 is 30.1 Å². The van der Waals surface area contributed by atoms with Crippen LogP contribution in [0.15, 0.2) is 71.0 Å². The van der Waals surface area contributed by atoms with Gasteiger partial charge in [-0.2, -0.15) is 0 Å². The molecule has 5 N–H and O–H groups in total. The van der Waals surface area contributed by atoms with Crippen molar-refractivity contribution in [2.45, 2.75) is 100 Å². The van der Waals surface area contributed by atoms with Gasteiger partial charge in [0.2, 0.25) is 5.91 Å². The van der Waals surface area contributed by atoms with Crippen LogP contribution in [0, 0.1) is 5.92 Å². The van der Waals surface area contributed by atoms with Gasteiger partial charge in [-0.25, -0.2) is 23.1 Å². The van der Waals surface area contributed by atoms with Crippen LogP contribution in [0.4, 0.5) is 10.8 Å². The number of aliphatic hydroxyl groups is 1. The van der Waals surface area contributed by atoms with Crippen molar-refractivity contribution in [3.63, 3.8) is 0 Å². The lowest BCUT2D eigenvalue weighted by Crippen LogP contribution is -2.58. The molecule has 1 aliphatic carbocycles. The Bertz CT molecular complexity index is 2380. The molecule has 0 unspecified atom stereocenters. The number of anilines is 2. The van der Waals surface area contributed by atoms with Crippen LogP contribution in [0.1, 0.15) is 66.2 Å². The van der Waals surface area contributed by atoms with E-state index < -0.39 is 56.9 Å². The molecule has 0 spiro atoms. The number of rotatable bonds is 9. The van der Waals surface area contributed by atoms with Gasteiger partial charge in [-0.05, 0) is 77.6 Å². The normalized spacial score (nSPS) is 23.7. The van der Waals surface area contributed by atoms with Crippen LogP contribution in [0.25, 0.3) is 22.3 Å². The minimum atomic E-state index is -4.36. The Morgan fingerprint density at radius 3 is 2.64 bits per heavy atom. The van der Waals surface area contributed by atoms with Crippen LogP contribution in [0.2, 0.25) is 0 Å². The summed E-state index contributed by atoms with van der Waals surface area (Å²) in [6.45, 7) is 7.24. The number of para-hydroxylation sites is 1. The largest absolute Gasteiger partial charge is 0.497 e. The number of likely N-dealkylation sites (tertiary alicyclic amines) is 1. The first-order chi connectivity index (χ1) is 28.1. The molecule has 2 aromatic heterocycles. The van der Waals surface area contributed by atoms with Crippen LogP contribution in [0.5, 0.6) is 11.5 Å². The lowest BCUT2D eigenvalue weighted by molar-refractivity contribution is -0.152. The second kappa shape index (κ2) is 16.8. The van der Waals surface area contributed by atoms with E-state index in [0.717, 1.165) is 30.8 Å². The lowest BCUT2D eigenvalue weighted by atomic mass is 10.1. The molecule has 1 saturated heterocycles. The number of thiazole rings is 1. The number of methoxy groups -OCH3 is 1. The third-order valence-corrected chi connectivity index (χ3v) is 12.9. The number of benzene rings is 2. The lowest BCUT2D eigenvalue weighted by Gasteiger charge is -2.30. The molecule has 59 heavy (non-hydrogen) atoms. The molecule has 3 aliphatic rings. The molecule has 2 fully saturated rings. The van der Waals surface area contributed by atoms with Crippen LogP contribution >= 0.6 is 11.3 Å². The Morgan fingerprint density at radius 1 is 1.08 bits per heavy atom. The molecule has 0 radical (unpaired) electrons. The summed E-state index contributed by atoms with van der Waals surface area (Å²) in [6.07, 6.45) is 6.65. The maximum absolute atomic E-state index is 14.5. The Hall–Kier alpha value is -5.26. The summed E-state index contributed by atoms with van der Waals surface area (Å²) in [4.78, 5) is 53.2. The molecule has 4 aromatic rings. The summed E-state index contributed by atoms with van der Waals surface area (Å²) in [5, 5.41) is 23.5. The van der Waals surface area contributed by atoms with E-state index in [1.54, 1.807) is 43.5 Å². The molecule has 0 bridgehead atoms. The van der Waals surface area contributed by atoms with Gasteiger partial charge in [0.15, 0.2) is 5.13 Å². The van der Waals surface area contributed by atoms with Gasteiger partial charge in [0.25, 0.3) is 21.8 Å². The zero-order chi connectivity index (χ0) is 42.1. The number of fused-ring (bicyclic) bond motifs is 3. The number of nitrogens with one attached hydrogen (secondary N) is 4. The van der Waals surface area contributed by atoms with E-state index in [1.807, 2.05) is 37.4 Å². The SMILES string of the molecule is COc1ccc2c(O[C@@H]3C[C@@H](C(=O)N[C@]45C[C@H]4/C=C\CCCCCNc4ccccc4S(=O)(=O)NC5=O)N(C(=O)C(C)(C)O)C3)cc(-c3csc(NC(C)C)n3)nc2c1. The molecule has 15 nitrogen and oxygen atoms in total. The summed E-state index contributed by atoms with van der Waals surface area (Å²) < 4.78 is 41.8. The first kappa shape index (κ1) is 41.9. The molecule has 4 atom stereocenters. The Labute approximate surface area is 348 Å². The summed E-state index contributed by atoms with van der Waals surface area (Å²) in [7, 11) is -2.80. The number of hydrogen-bond donors (Lipinski definition) is 5. The van der Waals surface area contributed by atoms with Crippen molar-refractivity contribution >= 4 is 60.8 Å². The first-order valence-corrected chi connectivity index (χ1v) is 22.2. The minimum Gasteiger partial charge on any atom is -0.497 e. The average molecular weight is 846 g/mol. The number of aromatic nitrogens is 2. The summed E-state index contributed by atoms with van der Waals surface area (Å²) in [6, 6.07) is 12.5. The van der Waals surface area contributed by atoms with Gasteiger partial charge in [-0.15, -0.1) is 11.3 Å². The Morgan fingerprint density at radius 2 is 1.88 bits per heavy atom. The number of ether oxygens (including phenoxy) is 2. The molecule has 2 aromatic carbocycles. The summed E-state index contributed by atoms with van der Waals surface area (Å²) >= 11 is 1.45. The van der Waals surface area contributed by atoms with Gasteiger partial charge in [-0.3, -0.25) is 14.4 Å². The van der Waals surface area contributed by atoms with Crippen LogP contribution in [-0.4, -0.2) is 95.6 Å². The Kier molecular flexibility index (Phi) is 11.9. The third kappa shape index (κ3) is 9.16. The summed E-state index contributed by atoms with van der Waals surface area (Å²) in [5.74, 6) is -1.72. The van der Waals surface area contributed by atoms with E-state index in [4.69, 9.17) is 19.4 Å². The van der Waals surface area contributed by atoms with Crippen molar-refractivity contribution in [2.75, 3.05) is 30.8 Å². The van der Waals surface area contributed by atoms with Crippen LogP contribution in [-0.2, 0) is 24.4 Å². The van der Waals surface area contributed by atoms with E-state index in [-0.39, 0.29) is 30.3 Å². The minimum absolute atomic E-state index is 0.0116. The number of carbonyl (C=O) groups is 3. The monoisotopic (exact) mass is 845 g/mol. The first-order valence-electron chi connectivity index (χ1n) is 19.9. The van der Waals surface area contributed by atoms with E-state index in [9.17, 15) is 27.9 Å². The molecule has 314 valence electrons. The van der Waals surface area contributed by atoms with Gasteiger partial charge in [0.05, 0.1) is 30.6 Å². The topological polar surface area (TPSA) is 201 Å². The number of pyridine rings is 1. The average Bonchev–Trinajstić information content (AvgIpc) is 3.45. The predicted molar refractivity (Wildman–Crippen MR) is 226 cm³/mol. The molecule has 7 rings (SSSR count). The van der Waals surface area contributed by atoms with Gasteiger partial charge in [0, 0.05) is 47.8 Å². The molecule has 3 amide bonds. The second-order valence-electron chi connectivity index (χ2n) is 16.1. The number of amides is 3. The number of hydrogen-bond acceptors (Lipinski definition) is 13. The highest BCUT2D eigenvalue weighted by Gasteiger charge is 2.62. The third-order valence-electron chi connectivity index (χ3n) is 10.7. The van der Waals surface area contributed by atoms with Crippen LogP contribution in [0.3, 0.4) is 0 Å². The smallest absolute Gasteiger partial charge is 0.266 e. The Balaban J connectivity index is 1.18. The van der Waals surface area contributed by atoms with Crippen molar-refractivity contribution in [3.8, 4) is 22.9 Å². The van der Waals surface area contributed by atoms with Gasteiger partial charge < -0.3 is 35.4 Å². The summed E-state index contributed by atoms with van der Waals surface area (Å²) in [5.41, 5.74) is -1.32. The van der Waals surface area contributed by atoms with Crippen molar-refractivity contribution < 1.29 is 37.4 Å². The zero-order valence-electron chi connectivity index (χ0n) is 33.8. The van der Waals surface area contributed by atoms with Crippen molar-refractivity contribution in [1.82, 2.24) is 24.9 Å². The number of nitrogens with zero attached hydrogens (tertiary/aromatic N) is 3. The quantitative estimate of drug-likeness (QED) is 0.138. The molecular weight excluding hydrogens is 795 g/mol. The van der Waals surface area contributed by atoms with Crippen molar-refractivity contribution in [2.24, 2.45) is 5.92 Å². The van der Waals surface area contributed by atoms with E-state index in [0.29, 0.717) is 46.0 Å². The van der Waals surface area contributed by atoms with Crippen molar-refractivity contribution in [1.29, 1.82) is 0 Å². The van der Waals surface area contributed by atoms with E-state index in [1.165, 1.54) is 36.2 Å². The van der Waals surface area contributed by atoms with E-state index >= 15 is 0 Å². The van der Waals surface area contributed by atoms with E-state index in [2.05, 4.69) is 20.7 Å². The maximum atomic E-state index is 14.5. The molecule has 1 saturated carbocycles. The highest BCUT2D eigenvalue weighted by Crippen LogP contribution is 2.46. The molecule has 17 heteroatoms. The number of sulfonamides is 1. The second-order valence-corrected chi connectivity index (χ2v) is 18.6. The molecule has 2 aliphatic heterocycles. The highest BCUT2D eigenvalue weighted by atomic mass is 32.2. The maximum Gasteiger partial charge on any atom is 0.266 e. The number of allylic oxidation sites excluding steroid dienone is 1. The van der Waals surface area contributed by atoms with Gasteiger partial charge in [-0.1, -0.05) is 30.7 Å². The molecule has 4 heterocycles. The predicted octanol–water partition coefficient (Wildman–Crippen LogP) is 5.23. The van der Waals surface area contributed by atoms with Gasteiger partial charge >= 0.3 is 0 Å². The highest BCUT2D eigenvalue weighted by molar-refractivity contribution is 7.90. The fraction of sp³-hybridized carbons (Fsp3) is 0.452. The molecular formula is C42H51N7O8S2. The fourth-order valence-corrected chi connectivity index (χ4v) is 9.65. The standard InChI is InChI=1S/C42H51N7O8S2/c1-25(2)44-40-46-33(24-58-40)32-21-35(29-17-16-27(56-5)19-31(29)45-32)57-28-20-34(49(23-28)39(52)41(3,4)53)37(50)47-42-22-26(42)13-9-7-6-8-12-18-43-30-14-10-11-15-36(30)59(54,55)48-38(42)51/h9-11,13-17,19,21,24-26,28,34,43,53H,6-8,12,18,20,22-23H2,1-5H3,(H,44,46)(H,47,50)(H,48,51)/b13-9-/t26-,28-,34+,42-/m1/s1. The van der Waals surface area contributed by atoms with Crippen molar-refractivity contribution in [3.05, 3.63) is 66.1 Å². The zero-order valence-corrected chi connectivity index (χ0v) is 35.4. The number of carbonyl (C=O) groups excluding carboxylic acids is 3.